The van der Waals surface area contributed by atoms with Crippen molar-refractivity contribution in [1.29, 1.82) is 0 Å². The van der Waals surface area contributed by atoms with Crippen LogP contribution < -0.4 is 15.6 Å². The number of carbonyl (C=O) groups excluding carboxylic acids is 2. The van der Waals surface area contributed by atoms with Gasteiger partial charge in [0.15, 0.2) is 0 Å². The van der Waals surface area contributed by atoms with Crippen molar-refractivity contribution in [1.82, 2.24) is 15.1 Å². The minimum absolute atomic E-state index is 0.0640. The van der Waals surface area contributed by atoms with Crippen LogP contribution in [0.2, 0.25) is 0 Å². The monoisotopic (exact) mass is 373 g/mol. The smallest absolute Gasteiger partial charge is 0.307 e. The van der Waals surface area contributed by atoms with Crippen molar-refractivity contribution < 1.29 is 19.1 Å². The highest BCUT2D eigenvalue weighted by atomic mass is 16.5. The van der Waals surface area contributed by atoms with Gasteiger partial charge in [0.25, 0.3) is 11.5 Å². The van der Waals surface area contributed by atoms with Crippen molar-refractivity contribution in [2.45, 2.75) is 32.9 Å². The standard InChI is InChI=1S/C19H23N3O5/c1-14(2)27-18(24)10-11-20-19(25)16-8-9-17(23)22(21-16)12-13-26-15-6-4-3-5-7-15/h3-9,14H,10-13H2,1-2H3,(H,20,25). The maximum absolute atomic E-state index is 12.1. The lowest BCUT2D eigenvalue weighted by molar-refractivity contribution is -0.147. The summed E-state index contributed by atoms with van der Waals surface area (Å²) in [4.78, 5) is 35.5. The van der Waals surface area contributed by atoms with Gasteiger partial charge in [-0.25, -0.2) is 4.68 Å². The summed E-state index contributed by atoms with van der Waals surface area (Å²) >= 11 is 0. The summed E-state index contributed by atoms with van der Waals surface area (Å²) in [7, 11) is 0. The molecule has 1 heterocycles. The van der Waals surface area contributed by atoms with Gasteiger partial charge in [-0.15, -0.1) is 0 Å². The topological polar surface area (TPSA) is 99.5 Å². The third kappa shape index (κ3) is 6.93. The summed E-state index contributed by atoms with van der Waals surface area (Å²) in [6.45, 7) is 4.08. The van der Waals surface area contributed by atoms with Crippen molar-refractivity contribution in [2.24, 2.45) is 0 Å². The fourth-order valence-electron chi connectivity index (χ4n) is 2.19. The highest BCUT2D eigenvalue weighted by Crippen LogP contribution is 2.07. The van der Waals surface area contributed by atoms with Crippen LogP contribution in [0.1, 0.15) is 30.8 Å². The van der Waals surface area contributed by atoms with Gasteiger partial charge in [-0.2, -0.15) is 5.10 Å². The molecule has 0 unspecified atom stereocenters. The van der Waals surface area contributed by atoms with E-state index in [0.717, 1.165) is 0 Å². The number of ether oxygens (including phenoxy) is 2. The Hall–Kier alpha value is -3.16. The molecule has 27 heavy (non-hydrogen) atoms. The number of amides is 1. The van der Waals surface area contributed by atoms with Gasteiger partial charge in [-0.05, 0) is 32.0 Å². The zero-order valence-electron chi connectivity index (χ0n) is 15.4. The predicted molar refractivity (Wildman–Crippen MR) is 98.6 cm³/mol. The summed E-state index contributed by atoms with van der Waals surface area (Å²) in [5.74, 6) is -0.168. The fraction of sp³-hybridized carbons (Fsp3) is 0.368. The van der Waals surface area contributed by atoms with E-state index in [9.17, 15) is 14.4 Å². The molecule has 0 fully saturated rings. The number of benzene rings is 1. The molecule has 0 atom stereocenters. The van der Waals surface area contributed by atoms with E-state index in [1.807, 2.05) is 30.3 Å². The van der Waals surface area contributed by atoms with Gasteiger partial charge < -0.3 is 14.8 Å². The van der Waals surface area contributed by atoms with Crippen LogP contribution in [-0.2, 0) is 16.1 Å². The summed E-state index contributed by atoms with van der Waals surface area (Å²) in [6, 6.07) is 11.8. The molecule has 0 aliphatic heterocycles. The first kappa shape index (κ1) is 20.2. The number of esters is 1. The number of carbonyl (C=O) groups is 2. The average Bonchev–Trinajstić information content (AvgIpc) is 2.63. The molecule has 0 aliphatic rings. The molecule has 2 rings (SSSR count). The average molecular weight is 373 g/mol. The van der Waals surface area contributed by atoms with Crippen molar-refractivity contribution in [3.8, 4) is 5.75 Å². The van der Waals surface area contributed by atoms with Gasteiger partial charge in [0, 0.05) is 12.6 Å². The first-order chi connectivity index (χ1) is 13.0. The van der Waals surface area contributed by atoms with Crippen LogP contribution in [0.15, 0.2) is 47.3 Å². The van der Waals surface area contributed by atoms with Gasteiger partial charge >= 0.3 is 5.97 Å². The lowest BCUT2D eigenvalue weighted by Crippen LogP contribution is -2.32. The second-order valence-corrected chi connectivity index (χ2v) is 5.99. The normalized spacial score (nSPS) is 10.5. The molecule has 0 radical (unpaired) electrons. The Morgan fingerprint density at radius 1 is 1.15 bits per heavy atom. The van der Waals surface area contributed by atoms with E-state index >= 15 is 0 Å². The van der Waals surface area contributed by atoms with E-state index in [4.69, 9.17) is 9.47 Å². The second kappa shape index (κ2) is 10.1. The molecule has 1 aromatic heterocycles. The van der Waals surface area contributed by atoms with E-state index < -0.39 is 5.91 Å². The minimum Gasteiger partial charge on any atom is -0.492 e. The van der Waals surface area contributed by atoms with Gasteiger partial charge in [0.05, 0.1) is 19.1 Å². The molecule has 8 heteroatoms. The van der Waals surface area contributed by atoms with Crippen LogP contribution in [0.3, 0.4) is 0 Å². The van der Waals surface area contributed by atoms with E-state index in [2.05, 4.69) is 10.4 Å². The van der Waals surface area contributed by atoms with Gasteiger partial charge in [0.1, 0.15) is 18.1 Å². The fourth-order valence-corrected chi connectivity index (χ4v) is 2.19. The van der Waals surface area contributed by atoms with Gasteiger partial charge in [-0.1, -0.05) is 18.2 Å². The summed E-state index contributed by atoms with van der Waals surface area (Å²) in [5.41, 5.74) is -0.240. The van der Waals surface area contributed by atoms with Crippen LogP contribution in [0, 0.1) is 0 Å². The van der Waals surface area contributed by atoms with Crippen LogP contribution in [-0.4, -0.2) is 40.9 Å². The van der Waals surface area contributed by atoms with E-state index in [-0.39, 0.29) is 49.4 Å². The first-order valence-electron chi connectivity index (χ1n) is 8.69. The lowest BCUT2D eigenvalue weighted by Gasteiger charge is -2.10. The van der Waals surface area contributed by atoms with E-state index in [0.29, 0.717) is 5.75 Å². The Labute approximate surface area is 157 Å². The third-order valence-corrected chi connectivity index (χ3v) is 3.40. The number of hydrogen-bond donors (Lipinski definition) is 1. The highest BCUT2D eigenvalue weighted by molar-refractivity contribution is 5.92. The van der Waals surface area contributed by atoms with Crippen LogP contribution in [0.4, 0.5) is 0 Å². The van der Waals surface area contributed by atoms with E-state index in [1.165, 1.54) is 16.8 Å². The zero-order chi connectivity index (χ0) is 19.6. The van der Waals surface area contributed by atoms with Crippen molar-refractivity contribution in [3.63, 3.8) is 0 Å². The number of nitrogens with zero attached hydrogens (tertiary/aromatic N) is 2. The molecule has 144 valence electrons. The Kier molecular flexibility index (Phi) is 7.54. The molecular weight excluding hydrogens is 350 g/mol. The van der Waals surface area contributed by atoms with Crippen molar-refractivity contribution in [3.05, 3.63) is 58.5 Å². The summed E-state index contributed by atoms with van der Waals surface area (Å²) in [6.07, 6.45) is -0.134. The minimum atomic E-state index is -0.468. The molecule has 1 aromatic carbocycles. The Bertz CT molecular complexity index is 818. The first-order valence-corrected chi connectivity index (χ1v) is 8.69. The van der Waals surface area contributed by atoms with Crippen LogP contribution >= 0.6 is 0 Å². The Morgan fingerprint density at radius 2 is 1.89 bits per heavy atom. The SMILES string of the molecule is CC(C)OC(=O)CCNC(=O)c1ccc(=O)n(CCOc2ccccc2)n1. The van der Waals surface area contributed by atoms with Gasteiger partial charge in [0.2, 0.25) is 0 Å². The van der Waals surface area contributed by atoms with Crippen molar-refractivity contribution in [2.75, 3.05) is 13.2 Å². The molecule has 0 saturated carbocycles. The Balaban J connectivity index is 1.86. The van der Waals surface area contributed by atoms with Crippen LogP contribution in [0.25, 0.3) is 0 Å². The molecular formula is C19H23N3O5. The number of nitrogens with one attached hydrogen (secondary N) is 1. The number of aromatic nitrogens is 2. The maximum Gasteiger partial charge on any atom is 0.307 e. The quantitative estimate of drug-likeness (QED) is 0.667. The molecule has 0 bridgehead atoms. The maximum atomic E-state index is 12.1. The Morgan fingerprint density at radius 3 is 2.59 bits per heavy atom. The number of rotatable bonds is 9. The molecule has 0 aliphatic carbocycles. The van der Waals surface area contributed by atoms with Crippen molar-refractivity contribution >= 4 is 11.9 Å². The molecule has 0 spiro atoms. The molecule has 8 nitrogen and oxygen atoms in total. The third-order valence-electron chi connectivity index (χ3n) is 3.40. The molecule has 1 N–H and O–H groups in total. The largest absolute Gasteiger partial charge is 0.492 e. The van der Waals surface area contributed by atoms with Gasteiger partial charge in [-0.3, -0.25) is 14.4 Å². The summed E-state index contributed by atoms with van der Waals surface area (Å²) < 4.78 is 11.7. The highest BCUT2D eigenvalue weighted by Gasteiger charge is 2.11. The lowest BCUT2D eigenvalue weighted by atomic mass is 10.3. The van der Waals surface area contributed by atoms with Crippen LogP contribution in [0.5, 0.6) is 5.75 Å². The molecule has 2 aromatic rings. The molecule has 1 amide bonds. The second-order valence-electron chi connectivity index (χ2n) is 5.99. The number of hydrogen-bond acceptors (Lipinski definition) is 6. The predicted octanol–water partition coefficient (Wildman–Crippen LogP) is 1.39. The zero-order valence-corrected chi connectivity index (χ0v) is 15.4. The number of para-hydroxylation sites is 1. The molecule has 0 saturated heterocycles. The van der Waals surface area contributed by atoms with E-state index in [1.54, 1.807) is 13.8 Å². The summed E-state index contributed by atoms with van der Waals surface area (Å²) in [5, 5.41) is 6.63.